The first kappa shape index (κ1) is 78.1. The molecule has 1 heterocycles. The lowest BCUT2D eigenvalue weighted by atomic mass is 9.99. The maximum Gasteiger partial charge on any atom is 0.306 e. The van der Waals surface area contributed by atoms with Crippen LogP contribution in [0, 0.1) is 0 Å². The number of ether oxygens (including phenoxy) is 3. The number of carbonyl (C=O) groups excluding carboxylic acids is 2. The van der Waals surface area contributed by atoms with E-state index in [2.05, 4.69) is 135 Å². The molecule has 0 aromatic rings. The summed E-state index contributed by atoms with van der Waals surface area (Å²) in [7, 11) is 0. The highest BCUT2D eigenvalue weighted by atomic mass is 16.7. The number of amides is 1. The minimum absolute atomic E-state index is 0.0976. The van der Waals surface area contributed by atoms with Crippen LogP contribution in [0.25, 0.3) is 0 Å². The largest absolute Gasteiger partial charge is 0.454 e. The van der Waals surface area contributed by atoms with E-state index in [1.807, 2.05) is 6.08 Å². The van der Waals surface area contributed by atoms with Crippen molar-refractivity contribution in [1.82, 2.24) is 5.32 Å². The molecule has 480 valence electrons. The monoisotopic (exact) mass is 1170 g/mol. The molecular weight excluding hydrogens is 1050 g/mol. The Hall–Kier alpha value is -3.94. The zero-order valence-electron chi connectivity index (χ0n) is 53.2. The molecule has 0 spiro atoms. The lowest BCUT2D eigenvalue weighted by Gasteiger charge is -2.41. The smallest absolute Gasteiger partial charge is 0.306 e. The van der Waals surface area contributed by atoms with Crippen molar-refractivity contribution >= 4 is 11.9 Å². The molecule has 0 saturated carbocycles. The molecule has 1 aliphatic heterocycles. The van der Waals surface area contributed by atoms with Crippen LogP contribution in [0.15, 0.2) is 122 Å². The highest BCUT2D eigenvalue weighted by molar-refractivity contribution is 5.80. The summed E-state index contributed by atoms with van der Waals surface area (Å²) in [6.45, 7) is 5.63. The Balaban J connectivity index is 2.64. The van der Waals surface area contributed by atoms with Gasteiger partial charge in [0.05, 0.1) is 25.4 Å². The van der Waals surface area contributed by atoms with E-state index in [9.17, 15) is 35.1 Å². The molecular formula is C73H123NO10. The quantitative estimate of drug-likeness (QED) is 0.0195. The molecule has 1 rings (SSSR count). The molecule has 8 unspecified atom stereocenters. The average Bonchev–Trinajstić information content (AvgIpc) is 3.69. The van der Waals surface area contributed by atoms with Crippen LogP contribution >= 0.6 is 0 Å². The van der Waals surface area contributed by atoms with Gasteiger partial charge < -0.3 is 45.1 Å². The van der Waals surface area contributed by atoms with Crippen LogP contribution in [0.1, 0.15) is 265 Å². The Labute approximate surface area is 512 Å². The fourth-order valence-electron chi connectivity index (χ4n) is 9.78. The van der Waals surface area contributed by atoms with Crippen LogP contribution in [0.3, 0.4) is 0 Å². The SMILES string of the molecule is CC/C=C\C/C=C\C/C=C\C/C=C\C/C=C\C/C=C\CCCCCCCCC(=O)OC1C(OCC(NC(=O)C(O)CCCCCCC/C=C\C/C=C\C/C=C\CCCCC)C(O)/C=C/CCCCCCCCCCCC)OC(CO)C(O)C1O. The fraction of sp³-hybridized carbons (Fsp3) is 0.699. The van der Waals surface area contributed by atoms with E-state index >= 15 is 0 Å². The van der Waals surface area contributed by atoms with Crippen molar-refractivity contribution in [2.45, 2.75) is 314 Å². The first-order valence-electron chi connectivity index (χ1n) is 33.8. The van der Waals surface area contributed by atoms with E-state index in [0.29, 0.717) is 12.8 Å². The summed E-state index contributed by atoms with van der Waals surface area (Å²) >= 11 is 0. The lowest BCUT2D eigenvalue weighted by Crippen LogP contribution is -2.61. The van der Waals surface area contributed by atoms with Crippen molar-refractivity contribution < 1.29 is 49.3 Å². The van der Waals surface area contributed by atoms with Crippen LogP contribution in [-0.2, 0) is 23.8 Å². The zero-order chi connectivity index (χ0) is 61.0. The summed E-state index contributed by atoms with van der Waals surface area (Å²) in [4.78, 5) is 26.6. The molecule has 0 aromatic heterocycles. The van der Waals surface area contributed by atoms with E-state index in [1.165, 1.54) is 70.6 Å². The van der Waals surface area contributed by atoms with Crippen molar-refractivity contribution in [2.24, 2.45) is 0 Å². The lowest BCUT2D eigenvalue weighted by molar-refractivity contribution is -0.305. The minimum Gasteiger partial charge on any atom is -0.454 e. The summed E-state index contributed by atoms with van der Waals surface area (Å²) in [6, 6.07) is -1.04. The molecule has 0 aromatic carbocycles. The molecule has 0 aliphatic carbocycles. The number of esters is 1. The van der Waals surface area contributed by atoms with Gasteiger partial charge in [-0.1, -0.05) is 264 Å². The van der Waals surface area contributed by atoms with E-state index < -0.39 is 67.4 Å². The predicted octanol–water partition coefficient (Wildman–Crippen LogP) is 17.0. The standard InChI is InChI=1S/C73H123NO10/c1-4-7-10-13-16-19-22-25-27-29-31-32-33-34-35-36-37-39-41-43-46-49-52-55-58-61-68(78)84-71-70(80)69(79)67(62-75)83-73(71)82-63-64(65(76)59-56-53-50-47-44-24-21-18-15-12-9-6-3)74-72(81)66(77)60-57-54-51-48-45-42-40-38-30-28-26-23-20-17-14-11-8-5-2/h7,10,16-17,19-20,25-28,31-32,34-35,37-40,56,59,64-67,69-71,73,75-77,79-80H,4-6,8-9,11-15,18,21-24,29-30,33,36,41-55,57-58,60-63H2,1-3H3,(H,74,81)/b10-7-,19-16-,20-17-,27-25-,28-26-,32-31-,35-34-,39-37-,40-38-,59-56+. The van der Waals surface area contributed by atoms with Gasteiger partial charge in [0.15, 0.2) is 12.4 Å². The van der Waals surface area contributed by atoms with Gasteiger partial charge in [0.2, 0.25) is 5.91 Å². The third-order valence-electron chi connectivity index (χ3n) is 15.1. The number of allylic oxidation sites excluding steroid dienone is 19. The number of unbranched alkanes of at least 4 members (excludes halogenated alkanes) is 24. The molecule has 1 saturated heterocycles. The molecule has 1 fully saturated rings. The predicted molar refractivity (Wildman–Crippen MR) is 351 cm³/mol. The first-order chi connectivity index (χ1) is 41.2. The number of hydrogen-bond donors (Lipinski definition) is 6. The molecule has 6 N–H and O–H groups in total. The average molecular weight is 1170 g/mol. The Bertz CT molecular complexity index is 1830. The van der Waals surface area contributed by atoms with Crippen molar-refractivity contribution in [3.8, 4) is 0 Å². The number of aliphatic hydroxyl groups is 5. The maximum atomic E-state index is 13.5. The minimum atomic E-state index is -1.63. The van der Waals surface area contributed by atoms with Gasteiger partial charge in [0, 0.05) is 6.42 Å². The molecule has 84 heavy (non-hydrogen) atoms. The van der Waals surface area contributed by atoms with Gasteiger partial charge in [-0.2, -0.15) is 0 Å². The third-order valence-corrected chi connectivity index (χ3v) is 15.1. The number of aliphatic hydroxyl groups excluding tert-OH is 5. The summed E-state index contributed by atoms with van der Waals surface area (Å²) < 4.78 is 17.6. The molecule has 0 radical (unpaired) electrons. The molecule has 8 atom stereocenters. The molecule has 1 amide bonds. The highest BCUT2D eigenvalue weighted by Gasteiger charge is 2.47. The van der Waals surface area contributed by atoms with Gasteiger partial charge in [0.1, 0.15) is 24.4 Å². The molecule has 11 nitrogen and oxygen atoms in total. The Morgan fingerprint density at radius 2 is 0.857 bits per heavy atom. The second-order valence-electron chi connectivity index (χ2n) is 22.8. The number of hydrogen-bond acceptors (Lipinski definition) is 10. The fourth-order valence-corrected chi connectivity index (χ4v) is 9.78. The van der Waals surface area contributed by atoms with Crippen molar-refractivity contribution in [2.75, 3.05) is 13.2 Å². The summed E-state index contributed by atoms with van der Waals surface area (Å²) in [5.41, 5.74) is 0. The van der Waals surface area contributed by atoms with Crippen molar-refractivity contribution in [3.05, 3.63) is 122 Å². The first-order valence-corrected chi connectivity index (χ1v) is 33.8. The van der Waals surface area contributed by atoms with E-state index in [4.69, 9.17) is 14.2 Å². The summed E-state index contributed by atoms with van der Waals surface area (Å²) in [6.07, 6.45) is 72.2. The molecule has 1 aliphatic rings. The van der Waals surface area contributed by atoms with Gasteiger partial charge in [-0.3, -0.25) is 9.59 Å². The summed E-state index contributed by atoms with van der Waals surface area (Å²) in [5.74, 6) is -1.23. The van der Waals surface area contributed by atoms with E-state index in [0.717, 1.165) is 148 Å². The number of carbonyl (C=O) groups is 2. The molecule has 0 bridgehead atoms. The van der Waals surface area contributed by atoms with Gasteiger partial charge in [0.25, 0.3) is 0 Å². The molecule has 11 heteroatoms. The maximum absolute atomic E-state index is 13.5. The third kappa shape index (κ3) is 46.3. The van der Waals surface area contributed by atoms with Crippen LogP contribution in [0.4, 0.5) is 0 Å². The van der Waals surface area contributed by atoms with Gasteiger partial charge in [-0.25, -0.2) is 0 Å². The summed E-state index contributed by atoms with van der Waals surface area (Å²) in [5, 5.41) is 57.1. The number of nitrogens with one attached hydrogen (secondary N) is 1. The Morgan fingerprint density at radius 3 is 1.31 bits per heavy atom. The Kier molecular flexibility index (Phi) is 55.2. The van der Waals surface area contributed by atoms with Crippen molar-refractivity contribution in [3.63, 3.8) is 0 Å². The van der Waals surface area contributed by atoms with Crippen LogP contribution in [-0.4, -0.2) is 99.6 Å². The van der Waals surface area contributed by atoms with E-state index in [-0.39, 0.29) is 19.4 Å². The Morgan fingerprint density at radius 1 is 0.476 bits per heavy atom. The highest BCUT2D eigenvalue weighted by Crippen LogP contribution is 2.26. The van der Waals surface area contributed by atoms with Gasteiger partial charge in [-0.05, 0) is 116 Å². The van der Waals surface area contributed by atoms with Gasteiger partial charge >= 0.3 is 5.97 Å². The second-order valence-corrected chi connectivity index (χ2v) is 22.8. The topological polar surface area (TPSA) is 175 Å². The van der Waals surface area contributed by atoms with E-state index in [1.54, 1.807) is 6.08 Å². The van der Waals surface area contributed by atoms with Gasteiger partial charge in [-0.15, -0.1) is 0 Å². The zero-order valence-corrected chi connectivity index (χ0v) is 53.2. The normalized spacial score (nSPS) is 19.3. The van der Waals surface area contributed by atoms with Crippen LogP contribution in [0.5, 0.6) is 0 Å². The van der Waals surface area contributed by atoms with Crippen LogP contribution < -0.4 is 5.32 Å². The second kappa shape index (κ2) is 59.4. The van der Waals surface area contributed by atoms with Crippen LogP contribution in [0.2, 0.25) is 0 Å². The number of rotatable bonds is 56. The van der Waals surface area contributed by atoms with Crippen molar-refractivity contribution in [1.29, 1.82) is 0 Å².